The number of sulfonamides is 1. The number of hydrogen-bond donors (Lipinski definition) is 1. The first-order valence-corrected chi connectivity index (χ1v) is 7.54. The number of benzene rings is 2. The second-order valence-corrected chi connectivity index (χ2v) is 6.27. The van der Waals surface area contributed by atoms with Gasteiger partial charge in [0.2, 0.25) is 0 Å². The van der Waals surface area contributed by atoms with Gasteiger partial charge in [-0.1, -0.05) is 6.07 Å². The Morgan fingerprint density at radius 3 is 2.09 bits per heavy atom. The van der Waals surface area contributed by atoms with Crippen molar-refractivity contribution in [3.63, 3.8) is 0 Å². The monoisotopic (exact) mass is 333 g/mol. The van der Waals surface area contributed by atoms with Crippen molar-refractivity contribution < 1.29 is 26.0 Å². The minimum Gasteiger partial charge on any atom is -0.280 e. The maximum Gasteiger partial charge on any atom is 0.416 e. The SMILES string of the molecule is Cc1ccc(NS(=O)(=O)c2ccc(C(F)(F)F)cc2)cc1F. The highest BCUT2D eigenvalue weighted by atomic mass is 32.2. The molecular formula is C14H11F4NO2S. The van der Waals surface area contributed by atoms with Crippen LogP contribution < -0.4 is 4.72 Å². The summed E-state index contributed by atoms with van der Waals surface area (Å²) in [5, 5.41) is 0. The van der Waals surface area contributed by atoms with E-state index in [0.717, 1.165) is 18.2 Å². The van der Waals surface area contributed by atoms with Gasteiger partial charge in [0.25, 0.3) is 10.0 Å². The highest BCUT2D eigenvalue weighted by Crippen LogP contribution is 2.30. The Labute approximate surface area is 124 Å². The van der Waals surface area contributed by atoms with Crippen molar-refractivity contribution in [2.45, 2.75) is 18.0 Å². The minimum absolute atomic E-state index is 0.0111. The predicted molar refractivity (Wildman–Crippen MR) is 73.4 cm³/mol. The van der Waals surface area contributed by atoms with Crippen molar-refractivity contribution in [2.75, 3.05) is 4.72 Å². The molecular weight excluding hydrogens is 322 g/mol. The smallest absolute Gasteiger partial charge is 0.280 e. The summed E-state index contributed by atoms with van der Waals surface area (Å²) < 4.78 is 76.9. The Hall–Kier alpha value is -2.09. The number of rotatable bonds is 3. The van der Waals surface area contributed by atoms with E-state index in [1.165, 1.54) is 19.1 Å². The van der Waals surface area contributed by atoms with Crippen LogP contribution in [0.1, 0.15) is 11.1 Å². The van der Waals surface area contributed by atoms with E-state index in [0.29, 0.717) is 17.7 Å². The van der Waals surface area contributed by atoms with E-state index in [1.54, 1.807) is 0 Å². The maximum absolute atomic E-state index is 13.4. The van der Waals surface area contributed by atoms with Gasteiger partial charge in [-0.05, 0) is 48.9 Å². The Morgan fingerprint density at radius 2 is 1.59 bits per heavy atom. The molecule has 2 aromatic rings. The Morgan fingerprint density at radius 1 is 1.00 bits per heavy atom. The van der Waals surface area contributed by atoms with Crippen molar-refractivity contribution in [3.05, 3.63) is 59.4 Å². The van der Waals surface area contributed by atoms with E-state index in [9.17, 15) is 26.0 Å². The highest BCUT2D eigenvalue weighted by molar-refractivity contribution is 7.92. The summed E-state index contributed by atoms with van der Waals surface area (Å²) in [6.07, 6.45) is -4.55. The first-order chi connectivity index (χ1) is 10.1. The average Bonchev–Trinajstić information content (AvgIpc) is 2.42. The molecule has 0 amide bonds. The molecule has 0 aliphatic rings. The van der Waals surface area contributed by atoms with Gasteiger partial charge in [-0.2, -0.15) is 13.2 Å². The molecule has 22 heavy (non-hydrogen) atoms. The van der Waals surface area contributed by atoms with Gasteiger partial charge in [0, 0.05) is 0 Å². The van der Waals surface area contributed by atoms with Crippen molar-refractivity contribution in [3.8, 4) is 0 Å². The number of hydrogen-bond acceptors (Lipinski definition) is 2. The first kappa shape index (κ1) is 16.3. The summed E-state index contributed by atoms with van der Waals surface area (Å²) in [6.45, 7) is 1.52. The topological polar surface area (TPSA) is 46.2 Å². The highest BCUT2D eigenvalue weighted by Gasteiger charge is 2.30. The molecule has 0 heterocycles. The van der Waals surface area contributed by atoms with E-state index in [2.05, 4.69) is 4.72 Å². The predicted octanol–water partition coefficient (Wildman–Crippen LogP) is 3.95. The van der Waals surface area contributed by atoms with Crippen LogP contribution in [-0.4, -0.2) is 8.42 Å². The molecule has 0 aliphatic heterocycles. The molecule has 3 nitrogen and oxygen atoms in total. The van der Waals surface area contributed by atoms with Crippen molar-refractivity contribution in [2.24, 2.45) is 0 Å². The van der Waals surface area contributed by atoms with Crippen molar-refractivity contribution in [1.82, 2.24) is 0 Å². The molecule has 8 heteroatoms. The molecule has 118 valence electrons. The van der Waals surface area contributed by atoms with Gasteiger partial charge in [-0.25, -0.2) is 12.8 Å². The fourth-order valence-electron chi connectivity index (χ4n) is 1.69. The van der Waals surface area contributed by atoms with E-state index < -0.39 is 27.6 Å². The number of halogens is 4. The standard InChI is InChI=1S/C14H11F4NO2S/c1-9-2-5-11(8-13(9)15)19-22(20,21)12-6-3-10(4-7-12)14(16,17)18/h2-8,19H,1H3. The van der Waals surface area contributed by atoms with Gasteiger partial charge >= 0.3 is 6.18 Å². The van der Waals surface area contributed by atoms with Gasteiger partial charge in [0.1, 0.15) is 5.82 Å². The number of nitrogens with one attached hydrogen (secondary N) is 1. The quantitative estimate of drug-likeness (QED) is 0.865. The summed E-state index contributed by atoms with van der Waals surface area (Å²) in [5.74, 6) is -0.590. The van der Waals surface area contributed by atoms with Crippen LogP contribution in [0, 0.1) is 12.7 Å². The van der Waals surface area contributed by atoms with Crippen LogP contribution in [0.15, 0.2) is 47.4 Å². The van der Waals surface area contributed by atoms with Gasteiger partial charge < -0.3 is 0 Å². The fraction of sp³-hybridized carbons (Fsp3) is 0.143. The molecule has 0 aliphatic carbocycles. The van der Waals surface area contributed by atoms with Gasteiger partial charge in [-0.3, -0.25) is 4.72 Å². The van der Waals surface area contributed by atoms with Gasteiger partial charge in [0.05, 0.1) is 16.1 Å². The number of alkyl halides is 3. The Balaban J connectivity index is 2.28. The molecule has 0 atom stereocenters. The molecule has 1 N–H and O–H groups in total. The largest absolute Gasteiger partial charge is 0.416 e. The molecule has 0 bridgehead atoms. The molecule has 0 unspecified atom stereocenters. The second kappa shape index (κ2) is 5.60. The third-order valence-electron chi connectivity index (χ3n) is 2.92. The van der Waals surface area contributed by atoms with Gasteiger partial charge in [-0.15, -0.1) is 0 Å². The van der Waals surface area contributed by atoms with E-state index in [-0.39, 0.29) is 10.6 Å². The molecule has 0 saturated heterocycles. The van der Waals surface area contributed by atoms with Crippen molar-refractivity contribution in [1.29, 1.82) is 0 Å². The molecule has 0 saturated carbocycles. The maximum atomic E-state index is 13.4. The van der Waals surface area contributed by atoms with Crippen LogP contribution in [-0.2, 0) is 16.2 Å². The number of anilines is 1. The lowest BCUT2D eigenvalue weighted by Crippen LogP contribution is -2.14. The summed E-state index contributed by atoms with van der Waals surface area (Å²) in [7, 11) is -4.09. The normalized spacial score (nSPS) is 12.2. The zero-order chi connectivity index (χ0) is 16.5. The van der Waals surface area contributed by atoms with Crippen LogP contribution in [0.2, 0.25) is 0 Å². The summed E-state index contributed by atoms with van der Waals surface area (Å²) >= 11 is 0. The summed E-state index contributed by atoms with van der Waals surface area (Å²) in [6, 6.07) is 6.77. The van der Waals surface area contributed by atoms with Crippen LogP contribution in [0.4, 0.5) is 23.2 Å². The Kier molecular flexibility index (Phi) is 4.15. The lowest BCUT2D eigenvalue weighted by Gasteiger charge is -2.10. The summed E-state index contributed by atoms with van der Waals surface area (Å²) in [5.41, 5.74) is -0.617. The van der Waals surface area contributed by atoms with E-state index >= 15 is 0 Å². The lowest BCUT2D eigenvalue weighted by molar-refractivity contribution is -0.137. The molecule has 0 fully saturated rings. The van der Waals surface area contributed by atoms with Crippen LogP contribution in [0.3, 0.4) is 0 Å². The summed E-state index contributed by atoms with van der Waals surface area (Å²) in [4.78, 5) is -0.346. The van der Waals surface area contributed by atoms with Gasteiger partial charge in [0.15, 0.2) is 0 Å². The fourth-order valence-corrected chi connectivity index (χ4v) is 2.74. The molecule has 2 rings (SSSR count). The van der Waals surface area contributed by atoms with Crippen LogP contribution >= 0.6 is 0 Å². The van der Waals surface area contributed by atoms with Crippen LogP contribution in [0.25, 0.3) is 0 Å². The average molecular weight is 333 g/mol. The third kappa shape index (κ3) is 3.56. The Bertz CT molecular complexity index is 783. The zero-order valence-corrected chi connectivity index (χ0v) is 12.1. The van der Waals surface area contributed by atoms with E-state index in [1.807, 2.05) is 0 Å². The minimum atomic E-state index is -4.55. The second-order valence-electron chi connectivity index (χ2n) is 4.59. The third-order valence-corrected chi connectivity index (χ3v) is 4.31. The first-order valence-electron chi connectivity index (χ1n) is 6.06. The van der Waals surface area contributed by atoms with Crippen molar-refractivity contribution >= 4 is 15.7 Å². The zero-order valence-electron chi connectivity index (χ0n) is 11.3. The lowest BCUT2D eigenvalue weighted by atomic mass is 10.2. The van der Waals surface area contributed by atoms with Crippen LogP contribution in [0.5, 0.6) is 0 Å². The number of aryl methyl sites for hydroxylation is 1. The molecule has 0 aromatic heterocycles. The molecule has 2 aromatic carbocycles. The molecule has 0 radical (unpaired) electrons. The molecule has 0 spiro atoms. The van der Waals surface area contributed by atoms with E-state index in [4.69, 9.17) is 0 Å².